The Morgan fingerprint density at radius 3 is 2.55 bits per heavy atom. The molecule has 0 saturated carbocycles. The van der Waals surface area contributed by atoms with Gasteiger partial charge in [0, 0.05) is 45.1 Å². The lowest BCUT2D eigenvalue weighted by molar-refractivity contribution is 0.225. The maximum Gasteiger partial charge on any atom is 0.123 e. The van der Waals surface area contributed by atoms with E-state index in [1.54, 1.807) is 0 Å². The van der Waals surface area contributed by atoms with Crippen molar-refractivity contribution in [1.29, 1.82) is 0 Å². The Hall–Kier alpha value is -1.36. The summed E-state index contributed by atoms with van der Waals surface area (Å²) in [4.78, 5) is 6.97. The SMILES string of the molecule is Cl.c1ccc(Cn2ccnc2CN2CCNCC2)cc1. The van der Waals surface area contributed by atoms with Crippen LogP contribution in [-0.2, 0) is 13.1 Å². The Kier molecular flexibility index (Phi) is 5.59. The van der Waals surface area contributed by atoms with Crippen LogP contribution in [0.25, 0.3) is 0 Å². The van der Waals surface area contributed by atoms with Gasteiger partial charge in [-0.1, -0.05) is 30.3 Å². The molecule has 1 aliphatic heterocycles. The molecule has 1 saturated heterocycles. The quantitative estimate of drug-likeness (QED) is 0.932. The molecule has 0 atom stereocenters. The lowest BCUT2D eigenvalue weighted by atomic mass is 10.2. The summed E-state index contributed by atoms with van der Waals surface area (Å²) in [5.74, 6) is 1.16. The summed E-state index contributed by atoms with van der Waals surface area (Å²) >= 11 is 0. The summed E-state index contributed by atoms with van der Waals surface area (Å²) < 4.78 is 2.25. The highest BCUT2D eigenvalue weighted by molar-refractivity contribution is 5.85. The predicted molar refractivity (Wildman–Crippen MR) is 83.2 cm³/mol. The van der Waals surface area contributed by atoms with Crippen LogP contribution >= 0.6 is 12.4 Å². The molecule has 1 N–H and O–H groups in total. The third kappa shape index (κ3) is 3.82. The molecule has 0 radical (unpaired) electrons. The van der Waals surface area contributed by atoms with Crippen molar-refractivity contribution in [2.24, 2.45) is 0 Å². The van der Waals surface area contributed by atoms with Crippen molar-refractivity contribution in [2.75, 3.05) is 26.2 Å². The van der Waals surface area contributed by atoms with Gasteiger partial charge in [0.2, 0.25) is 0 Å². The summed E-state index contributed by atoms with van der Waals surface area (Å²) in [6, 6.07) is 10.5. The number of hydrogen-bond acceptors (Lipinski definition) is 3. The summed E-state index contributed by atoms with van der Waals surface area (Å²) in [5.41, 5.74) is 1.32. The van der Waals surface area contributed by atoms with Crippen molar-refractivity contribution < 1.29 is 0 Å². The van der Waals surface area contributed by atoms with E-state index < -0.39 is 0 Å². The molecule has 0 aliphatic carbocycles. The highest BCUT2D eigenvalue weighted by Gasteiger charge is 2.12. The van der Waals surface area contributed by atoms with Crippen molar-refractivity contribution >= 4 is 12.4 Å². The second-order valence-electron chi connectivity index (χ2n) is 4.98. The molecular formula is C15H21ClN4. The van der Waals surface area contributed by atoms with Gasteiger partial charge in [0.1, 0.15) is 5.82 Å². The van der Waals surface area contributed by atoms with Crippen molar-refractivity contribution in [1.82, 2.24) is 19.8 Å². The van der Waals surface area contributed by atoms with E-state index in [1.165, 1.54) is 5.56 Å². The maximum atomic E-state index is 4.51. The number of nitrogens with one attached hydrogen (secondary N) is 1. The highest BCUT2D eigenvalue weighted by atomic mass is 35.5. The van der Waals surface area contributed by atoms with Crippen molar-refractivity contribution in [3.05, 3.63) is 54.1 Å². The van der Waals surface area contributed by atoms with E-state index in [0.717, 1.165) is 45.1 Å². The summed E-state index contributed by atoms with van der Waals surface area (Å²) in [5, 5.41) is 3.38. The maximum absolute atomic E-state index is 4.51. The van der Waals surface area contributed by atoms with Gasteiger partial charge in [-0.3, -0.25) is 4.90 Å². The minimum Gasteiger partial charge on any atom is -0.329 e. The molecule has 2 heterocycles. The van der Waals surface area contributed by atoms with Crippen LogP contribution in [0.1, 0.15) is 11.4 Å². The van der Waals surface area contributed by atoms with Crippen LogP contribution in [0, 0.1) is 0 Å². The third-order valence-corrected chi connectivity index (χ3v) is 3.57. The van der Waals surface area contributed by atoms with Gasteiger partial charge in [-0.15, -0.1) is 12.4 Å². The molecule has 5 heteroatoms. The molecule has 1 aromatic heterocycles. The Bertz CT molecular complexity index is 506. The van der Waals surface area contributed by atoms with Gasteiger partial charge in [0.15, 0.2) is 0 Å². The average molecular weight is 293 g/mol. The lowest BCUT2D eigenvalue weighted by Crippen LogP contribution is -2.43. The van der Waals surface area contributed by atoms with Crippen molar-refractivity contribution in [3.63, 3.8) is 0 Å². The predicted octanol–water partition coefficient (Wildman–Crippen LogP) is 1.76. The number of halogens is 1. The van der Waals surface area contributed by atoms with E-state index >= 15 is 0 Å². The largest absolute Gasteiger partial charge is 0.329 e. The molecule has 0 bridgehead atoms. The van der Waals surface area contributed by atoms with Crippen LogP contribution in [0.3, 0.4) is 0 Å². The molecular weight excluding hydrogens is 272 g/mol. The monoisotopic (exact) mass is 292 g/mol. The van der Waals surface area contributed by atoms with E-state index in [1.807, 2.05) is 6.20 Å². The fraction of sp³-hybridized carbons (Fsp3) is 0.400. The first-order chi connectivity index (χ1) is 9.42. The second kappa shape index (κ2) is 7.43. The lowest BCUT2D eigenvalue weighted by Gasteiger charge is -2.27. The standard InChI is InChI=1S/C15H20N4.ClH/c1-2-4-14(5-3-1)12-19-11-8-17-15(19)13-18-9-6-16-7-10-18;/h1-5,8,11,16H,6-7,9-10,12-13H2;1H. The fourth-order valence-corrected chi connectivity index (χ4v) is 2.49. The average Bonchev–Trinajstić information content (AvgIpc) is 2.88. The van der Waals surface area contributed by atoms with E-state index in [9.17, 15) is 0 Å². The number of benzene rings is 1. The molecule has 1 fully saturated rings. The minimum absolute atomic E-state index is 0. The normalized spacial score (nSPS) is 15.8. The molecule has 1 aromatic carbocycles. The fourth-order valence-electron chi connectivity index (χ4n) is 2.49. The highest BCUT2D eigenvalue weighted by Crippen LogP contribution is 2.08. The first-order valence-electron chi connectivity index (χ1n) is 6.89. The van der Waals surface area contributed by atoms with Gasteiger partial charge in [0.05, 0.1) is 6.54 Å². The first-order valence-corrected chi connectivity index (χ1v) is 6.89. The molecule has 2 aromatic rings. The van der Waals surface area contributed by atoms with Gasteiger partial charge in [-0.05, 0) is 5.56 Å². The molecule has 0 spiro atoms. The van der Waals surface area contributed by atoms with Crippen LogP contribution in [0.15, 0.2) is 42.7 Å². The van der Waals surface area contributed by atoms with Crippen LogP contribution < -0.4 is 5.32 Å². The van der Waals surface area contributed by atoms with E-state index in [4.69, 9.17) is 0 Å². The summed E-state index contributed by atoms with van der Waals surface area (Å²) in [7, 11) is 0. The van der Waals surface area contributed by atoms with Crippen LogP contribution in [0.4, 0.5) is 0 Å². The zero-order valence-electron chi connectivity index (χ0n) is 11.5. The van der Waals surface area contributed by atoms with E-state index in [2.05, 4.69) is 56.3 Å². The number of hydrogen-bond donors (Lipinski definition) is 1. The zero-order valence-corrected chi connectivity index (χ0v) is 12.4. The van der Waals surface area contributed by atoms with Gasteiger partial charge >= 0.3 is 0 Å². The van der Waals surface area contributed by atoms with E-state index in [-0.39, 0.29) is 12.4 Å². The van der Waals surface area contributed by atoms with Crippen LogP contribution in [0.5, 0.6) is 0 Å². The first kappa shape index (κ1) is 15.0. The molecule has 0 amide bonds. The summed E-state index contributed by atoms with van der Waals surface area (Å²) in [6.45, 7) is 6.24. The summed E-state index contributed by atoms with van der Waals surface area (Å²) in [6.07, 6.45) is 3.98. The number of imidazole rings is 1. The Labute approximate surface area is 126 Å². The number of piperazine rings is 1. The molecule has 4 nitrogen and oxygen atoms in total. The van der Waals surface area contributed by atoms with Crippen LogP contribution in [0.2, 0.25) is 0 Å². The van der Waals surface area contributed by atoms with Gasteiger partial charge in [-0.25, -0.2) is 4.98 Å². The molecule has 108 valence electrons. The molecule has 1 aliphatic rings. The third-order valence-electron chi connectivity index (χ3n) is 3.57. The van der Waals surface area contributed by atoms with Gasteiger partial charge in [0.25, 0.3) is 0 Å². The Morgan fingerprint density at radius 1 is 1.05 bits per heavy atom. The number of rotatable bonds is 4. The minimum atomic E-state index is 0. The van der Waals surface area contributed by atoms with Crippen molar-refractivity contribution in [3.8, 4) is 0 Å². The smallest absolute Gasteiger partial charge is 0.123 e. The van der Waals surface area contributed by atoms with Gasteiger partial charge < -0.3 is 9.88 Å². The topological polar surface area (TPSA) is 33.1 Å². The number of nitrogens with zero attached hydrogens (tertiary/aromatic N) is 3. The zero-order chi connectivity index (χ0) is 12.9. The molecule has 20 heavy (non-hydrogen) atoms. The van der Waals surface area contributed by atoms with Crippen molar-refractivity contribution in [2.45, 2.75) is 13.1 Å². The Balaban J connectivity index is 0.00000147. The number of aromatic nitrogens is 2. The van der Waals surface area contributed by atoms with E-state index in [0.29, 0.717) is 0 Å². The van der Waals surface area contributed by atoms with Crippen LogP contribution in [-0.4, -0.2) is 40.6 Å². The Morgan fingerprint density at radius 2 is 1.80 bits per heavy atom. The second-order valence-corrected chi connectivity index (χ2v) is 4.98. The molecule has 0 unspecified atom stereocenters. The van der Waals surface area contributed by atoms with Gasteiger partial charge in [-0.2, -0.15) is 0 Å². The molecule has 3 rings (SSSR count).